The lowest BCUT2D eigenvalue weighted by atomic mass is 10.1. The van der Waals surface area contributed by atoms with Gasteiger partial charge in [0.25, 0.3) is 5.91 Å². The molecule has 1 fully saturated rings. The molecule has 2 aliphatic heterocycles. The van der Waals surface area contributed by atoms with Crippen molar-refractivity contribution in [2.24, 2.45) is 17.4 Å². The van der Waals surface area contributed by atoms with E-state index in [2.05, 4.69) is 44.5 Å². The monoisotopic (exact) mass is 569 g/mol. The molecule has 1 unspecified atom stereocenters. The van der Waals surface area contributed by atoms with Crippen LogP contribution in [-0.4, -0.2) is 64.3 Å². The van der Waals surface area contributed by atoms with Crippen LogP contribution in [0.5, 0.6) is 0 Å². The molecular weight excluding hydrogens is 535 g/mol. The molecule has 2 aliphatic rings. The molecule has 1 saturated heterocycles. The number of nitrogens with zero attached hydrogens (tertiary/aromatic N) is 8. The van der Waals surface area contributed by atoms with E-state index >= 15 is 0 Å². The summed E-state index contributed by atoms with van der Waals surface area (Å²) in [5.41, 5.74) is 3.07. The van der Waals surface area contributed by atoms with Crippen LogP contribution in [0.2, 0.25) is 0 Å². The van der Waals surface area contributed by atoms with E-state index in [-0.39, 0.29) is 17.3 Å². The fourth-order valence-electron chi connectivity index (χ4n) is 5.15. The number of pyridine rings is 1. The highest BCUT2D eigenvalue weighted by molar-refractivity contribution is 6.05. The molecule has 0 spiro atoms. The molecule has 0 saturated carbocycles. The first-order valence-electron chi connectivity index (χ1n) is 13.6. The maximum atomic E-state index is 13.8. The number of alkyl halides is 3. The summed E-state index contributed by atoms with van der Waals surface area (Å²) in [6.07, 6.45) is -1.38. The van der Waals surface area contributed by atoms with E-state index in [1.165, 1.54) is 6.20 Å². The third-order valence-corrected chi connectivity index (χ3v) is 7.79. The second-order valence-corrected chi connectivity index (χ2v) is 10.8. The lowest BCUT2D eigenvalue weighted by Crippen LogP contribution is -2.49. The molecule has 1 aromatic carbocycles. The van der Waals surface area contributed by atoms with Crippen LogP contribution in [0.1, 0.15) is 52.8 Å². The van der Waals surface area contributed by atoms with Crippen molar-refractivity contribution in [2.75, 3.05) is 47.9 Å². The summed E-state index contributed by atoms with van der Waals surface area (Å²) < 4.78 is 43.2. The van der Waals surface area contributed by atoms with Gasteiger partial charge in [-0.1, -0.05) is 5.22 Å². The zero-order chi connectivity index (χ0) is 29.5. The molecule has 0 bridgehead atoms. The van der Waals surface area contributed by atoms with Gasteiger partial charge < -0.3 is 10.2 Å². The summed E-state index contributed by atoms with van der Waals surface area (Å²) >= 11 is 0. The number of hydrogen-bond donors (Lipinski definition) is 1. The average Bonchev–Trinajstić information content (AvgIpc) is 3.54. The second-order valence-electron chi connectivity index (χ2n) is 10.8. The summed E-state index contributed by atoms with van der Waals surface area (Å²) in [4.78, 5) is 21.8. The number of carbonyl (C=O) groups is 1. The van der Waals surface area contributed by atoms with Crippen LogP contribution >= 0.6 is 0 Å². The summed E-state index contributed by atoms with van der Waals surface area (Å²) in [5, 5.41) is 17.3. The number of carbonyl (C=O) groups excluding carboxylic acids is 1. The quantitative estimate of drug-likeness (QED) is 0.441. The van der Waals surface area contributed by atoms with Crippen LogP contribution in [0.4, 0.5) is 30.2 Å². The van der Waals surface area contributed by atoms with Gasteiger partial charge in [0, 0.05) is 68.1 Å². The fourth-order valence-corrected chi connectivity index (χ4v) is 5.15. The lowest BCUT2D eigenvalue weighted by Gasteiger charge is -2.38. The van der Waals surface area contributed by atoms with E-state index in [0.29, 0.717) is 42.7 Å². The first-order chi connectivity index (χ1) is 19.4. The zero-order valence-electron chi connectivity index (χ0n) is 23.8. The van der Waals surface area contributed by atoms with Crippen molar-refractivity contribution >= 4 is 23.0 Å². The number of amides is 1. The number of aromatic nitrogens is 3. The van der Waals surface area contributed by atoms with E-state index < -0.39 is 17.6 Å². The maximum Gasteiger partial charge on any atom is 0.416 e. The van der Waals surface area contributed by atoms with Gasteiger partial charge in [-0.25, -0.2) is 5.01 Å². The molecule has 3 aromatic rings. The SMILES string of the molecule is Cc1ncc(C(=O)Nc2cc(N3CCN(C(C)C)CC3)cc(C(F)(F)F)c2)cc1N1CC(c2cnn(C)c2C)N=N1. The van der Waals surface area contributed by atoms with Crippen molar-refractivity contribution in [1.29, 1.82) is 0 Å². The number of rotatable bonds is 6. The molecule has 0 radical (unpaired) electrons. The number of nitrogens with one attached hydrogen (secondary N) is 1. The predicted molar refractivity (Wildman–Crippen MR) is 150 cm³/mol. The Morgan fingerprint density at radius 3 is 2.41 bits per heavy atom. The van der Waals surface area contributed by atoms with Gasteiger partial charge in [0.05, 0.1) is 35.2 Å². The Hall–Kier alpha value is -4.00. The topological polar surface area (TPSA) is 94.2 Å². The number of anilines is 3. The molecule has 218 valence electrons. The first kappa shape index (κ1) is 28.5. The van der Waals surface area contributed by atoms with Gasteiger partial charge in [0.2, 0.25) is 0 Å². The number of aryl methyl sites for hydroxylation is 2. The number of hydrogen-bond acceptors (Lipinski definition) is 8. The molecule has 2 aromatic heterocycles. The molecule has 10 nitrogen and oxygen atoms in total. The Bertz CT molecular complexity index is 1460. The summed E-state index contributed by atoms with van der Waals surface area (Å²) in [7, 11) is 1.86. The molecule has 41 heavy (non-hydrogen) atoms. The van der Waals surface area contributed by atoms with Gasteiger partial charge >= 0.3 is 6.18 Å². The third-order valence-electron chi connectivity index (χ3n) is 7.79. The molecular formula is C28H34F3N9O. The highest BCUT2D eigenvalue weighted by atomic mass is 19.4. The van der Waals surface area contributed by atoms with E-state index in [4.69, 9.17) is 0 Å². The van der Waals surface area contributed by atoms with Crippen LogP contribution in [0, 0.1) is 13.8 Å². The number of piperazine rings is 1. The van der Waals surface area contributed by atoms with Crippen LogP contribution in [0.3, 0.4) is 0 Å². The van der Waals surface area contributed by atoms with Crippen molar-refractivity contribution in [3.63, 3.8) is 0 Å². The van der Waals surface area contributed by atoms with Gasteiger partial charge in [-0.05, 0) is 52.0 Å². The van der Waals surface area contributed by atoms with Crippen LogP contribution in [-0.2, 0) is 13.2 Å². The third kappa shape index (κ3) is 6.04. The Morgan fingerprint density at radius 2 is 1.78 bits per heavy atom. The first-order valence-corrected chi connectivity index (χ1v) is 13.6. The van der Waals surface area contributed by atoms with E-state index in [1.807, 2.05) is 18.9 Å². The van der Waals surface area contributed by atoms with Crippen molar-refractivity contribution < 1.29 is 18.0 Å². The number of halogens is 3. The zero-order valence-corrected chi connectivity index (χ0v) is 23.8. The van der Waals surface area contributed by atoms with E-state index in [1.54, 1.807) is 34.9 Å². The Labute approximate surface area is 236 Å². The van der Waals surface area contributed by atoms with Crippen molar-refractivity contribution in [3.8, 4) is 0 Å². The highest BCUT2D eigenvalue weighted by Crippen LogP contribution is 2.36. The molecule has 0 aliphatic carbocycles. The van der Waals surface area contributed by atoms with Crippen LogP contribution in [0.25, 0.3) is 0 Å². The van der Waals surface area contributed by atoms with Gasteiger partial charge in [-0.15, -0.1) is 0 Å². The Balaban J connectivity index is 1.35. The fraction of sp³-hybridized carbons (Fsp3) is 0.464. The van der Waals surface area contributed by atoms with Gasteiger partial charge in [0.15, 0.2) is 0 Å². The van der Waals surface area contributed by atoms with Crippen LogP contribution < -0.4 is 15.2 Å². The Morgan fingerprint density at radius 1 is 1.05 bits per heavy atom. The molecule has 5 rings (SSSR count). The smallest absolute Gasteiger partial charge is 0.369 e. The normalized spacial score (nSPS) is 18.0. The minimum atomic E-state index is -4.56. The maximum absolute atomic E-state index is 13.8. The van der Waals surface area contributed by atoms with Crippen molar-refractivity contribution in [2.45, 2.75) is 46.0 Å². The largest absolute Gasteiger partial charge is 0.416 e. The summed E-state index contributed by atoms with van der Waals surface area (Å²) in [6.45, 7) is 11.1. The minimum absolute atomic E-state index is 0.0706. The minimum Gasteiger partial charge on any atom is -0.369 e. The van der Waals surface area contributed by atoms with E-state index in [0.717, 1.165) is 36.5 Å². The van der Waals surface area contributed by atoms with Crippen molar-refractivity contribution in [3.05, 3.63) is 64.7 Å². The second kappa shape index (κ2) is 11.1. The average molecular weight is 570 g/mol. The number of benzene rings is 1. The van der Waals surface area contributed by atoms with Crippen molar-refractivity contribution in [1.82, 2.24) is 19.7 Å². The Kier molecular flexibility index (Phi) is 7.73. The molecule has 1 atom stereocenters. The van der Waals surface area contributed by atoms with Gasteiger partial charge in [-0.2, -0.15) is 23.4 Å². The van der Waals surface area contributed by atoms with Gasteiger partial charge in [0.1, 0.15) is 6.04 Å². The van der Waals surface area contributed by atoms with E-state index in [9.17, 15) is 18.0 Å². The molecule has 1 amide bonds. The highest BCUT2D eigenvalue weighted by Gasteiger charge is 2.33. The predicted octanol–water partition coefficient (Wildman–Crippen LogP) is 5.16. The van der Waals surface area contributed by atoms with Crippen LogP contribution in [0.15, 0.2) is 47.0 Å². The lowest BCUT2D eigenvalue weighted by molar-refractivity contribution is -0.137. The van der Waals surface area contributed by atoms with Gasteiger partial charge in [-0.3, -0.25) is 19.4 Å². The molecule has 4 heterocycles. The summed E-state index contributed by atoms with van der Waals surface area (Å²) in [6, 6.07) is 5.49. The standard InChI is InChI=1S/C28H34F3N9O/c1-17(2)38-6-8-39(9-7-38)23-12-21(28(29,30)31)11-22(13-23)34-27(41)20-10-26(18(3)32-14-20)40-16-25(35-36-40)24-15-33-37(5)19(24)4/h10-15,17,25H,6-9,16H2,1-5H3,(H,34,41). The molecule has 1 N–H and O–H groups in total. The molecule has 13 heteroatoms. The summed E-state index contributed by atoms with van der Waals surface area (Å²) in [5.74, 6) is -0.565.